The molecule has 1 fully saturated rings. The number of hydrogen-bond acceptors (Lipinski definition) is 2. The second kappa shape index (κ2) is 8.94. The number of rotatable bonds is 7. The molecule has 0 aliphatic heterocycles. The summed E-state index contributed by atoms with van der Waals surface area (Å²) < 4.78 is 0. The SMILES string of the molecule is CC(CC(=O)NCCC(O)c1ccccc1)C1CCCCC1. The molecule has 1 saturated carbocycles. The van der Waals surface area contributed by atoms with Crippen LogP contribution in [0.2, 0.25) is 0 Å². The van der Waals surface area contributed by atoms with E-state index in [2.05, 4.69) is 12.2 Å². The smallest absolute Gasteiger partial charge is 0.220 e. The number of carbonyl (C=O) groups is 1. The van der Waals surface area contributed by atoms with Crippen molar-refractivity contribution in [2.24, 2.45) is 11.8 Å². The molecule has 0 radical (unpaired) electrons. The summed E-state index contributed by atoms with van der Waals surface area (Å²) in [7, 11) is 0. The number of amides is 1. The molecule has 1 amide bonds. The molecule has 1 aliphatic carbocycles. The summed E-state index contributed by atoms with van der Waals surface area (Å²) in [5.74, 6) is 1.31. The molecule has 1 aliphatic rings. The third-order valence-corrected chi connectivity index (χ3v) is 4.89. The number of aliphatic hydroxyl groups is 1. The van der Waals surface area contributed by atoms with Crippen molar-refractivity contribution in [1.29, 1.82) is 0 Å². The van der Waals surface area contributed by atoms with E-state index >= 15 is 0 Å². The Morgan fingerprint density at radius 2 is 1.91 bits per heavy atom. The summed E-state index contributed by atoms with van der Waals surface area (Å²) in [6.07, 6.45) is 7.23. The molecule has 0 heterocycles. The molecule has 2 atom stereocenters. The minimum Gasteiger partial charge on any atom is -0.388 e. The summed E-state index contributed by atoms with van der Waals surface area (Å²) in [5.41, 5.74) is 0.910. The minimum absolute atomic E-state index is 0.123. The van der Waals surface area contributed by atoms with Gasteiger partial charge in [-0.2, -0.15) is 0 Å². The zero-order valence-corrected chi connectivity index (χ0v) is 13.6. The Balaban J connectivity index is 1.65. The van der Waals surface area contributed by atoms with E-state index in [-0.39, 0.29) is 5.91 Å². The molecule has 0 aromatic heterocycles. The summed E-state index contributed by atoms with van der Waals surface area (Å²) in [4.78, 5) is 12.0. The van der Waals surface area contributed by atoms with Gasteiger partial charge in [0.2, 0.25) is 5.91 Å². The van der Waals surface area contributed by atoms with Gasteiger partial charge in [-0.25, -0.2) is 0 Å². The standard InChI is InChI=1S/C19H29NO2/c1-15(16-8-4-2-5-9-16)14-19(22)20-13-12-18(21)17-10-6-3-7-11-17/h3,6-7,10-11,15-16,18,21H,2,4-5,8-9,12-14H2,1H3,(H,20,22). The lowest BCUT2D eigenvalue weighted by Crippen LogP contribution is -2.29. The quantitative estimate of drug-likeness (QED) is 0.804. The van der Waals surface area contributed by atoms with Crippen LogP contribution in [0.1, 0.15) is 63.5 Å². The second-order valence-corrected chi connectivity index (χ2v) is 6.64. The van der Waals surface area contributed by atoms with Gasteiger partial charge >= 0.3 is 0 Å². The fourth-order valence-electron chi connectivity index (χ4n) is 3.42. The average molecular weight is 303 g/mol. The van der Waals surface area contributed by atoms with Gasteiger partial charge < -0.3 is 10.4 Å². The first-order valence-electron chi connectivity index (χ1n) is 8.66. The average Bonchev–Trinajstić information content (AvgIpc) is 2.56. The highest BCUT2D eigenvalue weighted by Gasteiger charge is 2.22. The maximum atomic E-state index is 12.0. The Kier molecular flexibility index (Phi) is 6.91. The van der Waals surface area contributed by atoms with E-state index in [1.165, 1.54) is 32.1 Å². The van der Waals surface area contributed by atoms with Crippen molar-refractivity contribution in [3.63, 3.8) is 0 Å². The first-order valence-corrected chi connectivity index (χ1v) is 8.66. The van der Waals surface area contributed by atoms with Crippen LogP contribution in [0.4, 0.5) is 0 Å². The molecule has 2 unspecified atom stereocenters. The number of carbonyl (C=O) groups excluding carboxylic acids is 1. The van der Waals surface area contributed by atoms with E-state index in [9.17, 15) is 9.90 Å². The minimum atomic E-state index is -0.503. The summed E-state index contributed by atoms with van der Waals surface area (Å²) in [5, 5.41) is 13.0. The largest absolute Gasteiger partial charge is 0.388 e. The lowest BCUT2D eigenvalue weighted by Gasteiger charge is -2.27. The molecule has 2 N–H and O–H groups in total. The van der Waals surface area contributed by atoms with Crippen LogP contribution in [0.15, 0.2) is 30.3 Å². The van der Waals surface area contributed by atoms with Crippen LogP contribution in [-0.2, 0) is 4.79 Å². The normalized spacial score (nSPS) is 18.6. The number of nitrogens with one attached hydrogen (secondary N) is 1. The van der Waals surface area contributed by atoms with E-state index in [1.54, 1.807) is 0 Å². The molecule has 1 aromatic rings. The van der Waals surface area contributed by atoms with Crippen molar-refractivity contribution in [2.45, 2.75) is 58.0 Å². The van der Waals surface area contributed by atoms with E-state index < -0.39 is 6.10 Å². The Morgan fingerprint density at radius 3 is 2.59 bits per heavy atom. The van der Waals surface area contributed by atoms with Crippen molar-refractivity contribution in [2.75, 3.05) is 6.54 Å². The summed E-state index contributed by atoms with van der Waals surface area (Å²) >= 11 is 0. The first-order chi connectivity index (χ1) is 10.7. The zero-order chi connectivity index (χ0) is 15.8. The Hall–Kier alpha value is -1.35. The van der Waals surface area contributed by atoms with Gasteiger partial charge in [0, 0.05) is 13.0 Å². The Bertz CT molecular complexity index is 440. The first kappa shape index (κ1) is 17.0. The lowest BCUT2D eigenvalue weighted by atomic mass is 9.79. The second-order valence-electron chi connectivity index (χ2n) is 6.64. The third-order valence-electron chi connectivity index (χ3n) is 4.89. The Morgan fingerprint density at radius 1 is 1.23 bits per heavy atom. The molecule has 122 valence electrons. The van der Waals surface area contributed by atoms with E-state index in [1.807, 2.05) is 30.3 Å². The number of aliphatic hydroxyl groups excluding tert-OH is 1. The molecule has 2 rings (SSSR count). The predicted molar refractivity (Wildman–Crippen MR) is 89.4 cm³/mol. The lowest BCUT2D eigenvalue weighted by molar-refractivity contribution is -0.122. The van der Waals surface area contributed by atoms with Gasteiger partial charge in [0.05, 0.1) is 6.10 Å². The van der Waals surface area contributed by atoms with Crippen LogP contribution in [0.5, 0.6) is 0 Å². The van der Waals surface area contributed by atoms with E-state index in [0.717, 1.165) is 11.5 Å². The van der Waals surface area contributed by atoms with Gasteiger partial charge in [-0.15, -0.1) is 0 Å². The van der Waals surface area contributed by atoms with Crippen molar-refractivity contribution >= 4 is 5.91 Å². The maximum absolute atomic E-state index is 12.0. The molecular formula is C19H29NO2. The van der Waals surface area contributed by atoms with Crippen molar-refractivity contribution in [1.82, 2.24) is 5.32 Å². The number of benzene rings is 1. The van der Waals surface area contributed by atoms with Gasteiger partial charge in [0.15, 0.2) is 0 Å². The van der Waals surface area contributed by atoms with Gasteiger partial charge in [-0.05, 0) is 23.8 Å². The topological polar surface area (TPSA) is 49.3 Å². The fourth-order valence-corrected chi connectivity index (χ4v) is 3.42. The van der Waals surface area contributed by atoms with E-state index in [4.69, 9.17) is 0 Å². The molecule has 22 heavy (non-hydrogen) atoms. The highest BCUT2D eigenvalue weighted by molar-refractivity contribution is 5.76. The summed E-state index contributed by atoms with van der Waals surface area (Å²) in [6.45, 7) is 2.74. The fraction of sp³-hybridized carbons (Fsp3) is 0.632. The van der Waals surface area contributed by atoms with Crippen LogP contribution in [0.3, 0.4) is 0 Å². The van der Waals surface area contributed by atoms with Gasteiger partial charge in [-0.3, -0.25) is 4.79 Å². The van der Waals surface area contributed by atoms with Crippen LogP contribution in [0, 0.1) is 11.8 Å². The van der Waals surface area contributed by atoms with Crippen LogP contribution in [-0.4, -0.2) is 17.6 Å². The highest BCUT2D eigenvalue weighted by atomic mass is 16.3. The maximum Gasteiger partial charge on any atom is 0.220 e. The van der Waals surface area contributed by atoms with Crippen molar-refractivity contribution < 1.29 is 9.90 Å². The molecular weight excluding hydrogens is 274 g/mol. The van der Waals surface area contributed by atoms with Gasteiger partial charge in [0.25, 0.3) is 0 Å². The van der Waals surface area contributed by atoms with Crippen LogP contribution >= 0.6 is 0 Å². The molecule has 0 spiro atoms. The molecule has 1 aromatic carbocycles. The summed E-state index contributed by atoms with van der Waals surface area (Å²) in [6, 6.07) is 9.60. The van der Waals surface area contributed by atoms with Crippen LogP contribution < -0.4 is 5.32 Å². The number of hydrogen-bond donors (Lipinski definition) is 2. The third kappa shape index (κ3) is 5.45. The highest BCUT2D eigenvalue weighted by Crippen LogP contribution is 2.31. The van der Waals surface area contributed by atoms with Crippen LogP contribution in [0.25, 0.3) is 0 Å². The van der Waals surface area contributed by atoms with Gasteiger partial charge in [-0.1, -0.05) is 69.4 Å². The Labute approximate surface area is 134 Å². The van der Waals surface area contributed by atoms with Crippen molar-refractivity contribution in [3.05, 3.63) is 35.9 Å². The molecule has 0 saturated heterocycles. The van der Waals surface area contributed by atoms with Crippen molar-refractivity contribution in [3.8, 4) is 0 Å². The van der Waals surface area contributed by atoms with Gasteiger partial charge in [0.1, 0.15) is 0 Å². The predicted octanol–water partition coefficient (Wildman–Crippen LogP) is 3.83. The van der Waals surface area contributed by atoms with E-state index in [0.29, 0.717) is 25.3 Å². The molecule has 3 nitrogen and oxygen atoms in total. The monoisotopic (exact) mass is 303 g/mol. The molecule has 3 heteroatoms. The zero-order valence-electron chi connectivity index (χ0n) is 13.6. The molecule has 0 bridgehead atoms.